The number of unbranched alkanes of at least 4 members (excludes halogenated alkanes) is 3. The quantitative estimate of drug-likeness (QED) is 0.179. The van der Waals surface area contributed by atoms with Crippen LogP contribution in [-0.4, -0.2) is 0 Å². The first kappa shape index (κ1) is 24.1. The first-order valence-electron chi connectivity index (χ1n) is 12.2. The molecule has 0 bridgehead atoms. The van der Waals surface area contributed by atoms with Crippen molar-refractivity contribution in [3.63, 3.8) is 0 Å². The molecule has 0 aromatic heterocycles. The second kappa shape index (κ2) is 11.9. The van der Waals surface area contributed by atoms with E-state index >= 15 is 4.39 Å². The van der Waals surface area contributed by atoms with Crippen LogP contribution in [0.2, 0.25) is 5.02 Å². The van der Waals surface area contributed by atoms with Gasteiger partial charge >= 0.3 is 0 Å². The zero-order valence-corrected chi connectivity index (χ0v) is 20.5. The van der Waals surface area contributed by atoms with Gasteiger partial charge in [-0.15, -0.1) is 0 Å². The standard InChI is InChI=1S/C32H30ClF/c1-2-3-4-5-6-24-7-9-25(10-8-24)11-12-27-16-22-31-29(23-27)19-18-28(32(31)34)17-13-26-14-20-30(33)21-15-26/h7-10,14-16,18-23H,2-6,13,17H2,1H3. The maximum absolute atomic E-state index is 15.1. The lowest BCUT2D eigenvalue weighted by Gasteiger charge is -2.08. The highest BCUT2D eigenvalue weighted by molar-refractivity contribution is 6.30. The van der Waals surface area contributed by atoms with Crippen molar-refractivity contribution in [3.8, 4) is 11.8 Å². The van der Waals surface area contributed by atoms with Crippen molar-refractivity contribution in [2.45, 2.75) is 51.9 Å². The van der Waals surface area contributed by atoms with Gasteiger partial charge in [0.15, 0.2) is 0 Å². The van der Waals surface area contributed by atoms with Crippen LogP contribution in [0.15, 0.2) is 78.9 Å². The summed E-state index contributed by atoms with van der Waals surface area (Å²) in [6.07, 6.45) is 7.68. The van der Waals surface area contributed by atoms with E-state index in [0.717, 1.165) is 40.5 Å². The van der Waals surface area contributed by atoms with E-state index in [0.29, 0.717) is 16.8 Å². The minimum atomic E-state index is -0.138. The van der Waals surface area contributed by atoms with Crippen LogP contribution in [0.3, 0.4) is 0 Å². The zero-order chi connectivity index (χ0) is 23.8. The van der Waals surface area contributed by atoms with Crippen molar-refractivity contribution >= 4 is 22.4 Å². The van der Waals surface area contributed by atoms with Crippen LogP contribution in [0.5, 0.6) is 0 Å². The summed E-state index contributed by atoms with van der Waals surface area (Å²) < 4.78 is 15.1. The summed E-state index contributed by atoms with van der Waals surface area (Å²) in [5.41, 5.74) is 5.15. The van der Waals surface area contributed by atoms with Gasteiger partial charge < -0.3 is 0 Å². The van der Waals surface area contributed by atoms with Gasteiger partial charge in [-0.2, -0.15) is 0 Å². The van der Waals surface area contributed by atoms with E-state index in [1.54, 1.807) is 0 Å². The van der Waals surface area contributed by atoms with E-state index in [1.807, 2.05) is 54.6 Å². The minimum Gasteiger partial charge on any atom is -0.206 e. The van der Waals surface area contributed by atoms with Crippen LogP contribution in [0.1, 0.15) is 60.4 Å². The Hall–Kier alpha value is -3.08. The van der Waals surface area contributed by atoms with Gasteiger partial charge in [0.05, 0.1) is 0 Å². The van der Waals surface area contributed by atoms with Crippen LogP contribution < -0.4 is 0 Å². The molecule has 0 nitrogen and oxygen atoms in total. The van der Waals surface area contributed by atoms with Gasteiger partial charge in [-0.05, 0) is 84.2 Å². The topological polar surface area (TPSA) is 0 Å². The Balaban J connectivity index is 1.42. The number of benzene rings is 4. The van der Waals surface area contributed by atoms with Gasteiger partial charge in [-0.25, -0.2) is 4.39 Å². The van der Waals surface area contributed by atoms with Gasteiger partial charge in [0.25, 0.3) is 0 Å². The lowest BCUT2D eigenvalue weighted by molar-refractivity contribution is 0.620. The predicted molar refractivity (Wildman–Crippen MR) is 143 cm³/mol. The fourth-order valence-corrected chi connectivity index (χ4v) is 4.32. The highest BCUT2D eigenvalue weighted by Crippen LogP contribution is 2.24. The van der Waals surface area contributed by atoms with Gasteiger partial charge in [-0.3, -0.25) is 0 Å². The molecule has 0 atom stereocenters. The first-order chi connectivity index (χ1) is 16.6. The van der Waals surface area contributed by atoms with E-state index in [2.05, 4.69) is 43.0 Å². The maximum atomic E-state index is 15.1. The van der Waals surface area contributed by atoms with Gasteiger partial charge in [-0.1, -0.05) is 92.1 Å². The van der Waals surface area contributed by atoms with Crippen molar-refractivity contribution in [2.75, 3.05) is 0 Å². The number of hydrogen-bond acceptors (Lipinski definition) is 0. The molecule has 0 aliphatic rings. The van der Waals surface area contributed by atoms with Gasteiger partial charge in [0, 0.05) is 21.5 Å². The van der Waals surface area contributed by atoms with Crippen LogP contribution >= 0.6 is 11.6 Å². The number of aryl methyl sites for hydroxylation is 3. The van der Waals surface area contributed by atoms with E-state index in [9.17, 15) is 0 Å². The third-order valence-corrected chi connectivity index (χ3v) is 6.51. The SMILES string of the molecule is CCCCCCc1ccc(C#Cc2ccc3c(F)c(CCc4ccc(Cl)cc4)ccc3c2)cc1. The third kappa shape index (κ3) is 6.49. The number of hydrogen-bond donors (Lipinski definition) is 0. The van der Waals surface area contributed by atoms with E-state index in [1.165, 1.54) is 31.2 Å². The molecule has 0 aliphatic carbocycles. The van der Waals surface area contributed by atoms with Crippen LogP contribution in [-0.2, 0) is 19.3 Å². The zero-order valence-electron chi connectivity index (χ0n) is 19.7. The summed E-state index contributed by atoms with van der Waals surface area (Å²) in [4.78, 5) is 0. The highest BCUT2D eigenvalue weighted by Gasteiger charge is 2.08. The summed E-state index contributed by atoms with van der Waals surface area (Å²) in [5, 5.41) is 2.24. The molecule has 0 amide bonds. The monoisotopic (exact) mass is 468 g/mol. The van der Waals surface area contributed by atoms with Crippen molar-refractivity contribution in [3.05, 3.63) is 118 Å². The third-order valence-electron chi connectivity index (χ3n) is 6.25. The number of rotatable bonds is 8. The molecular weight excluding hydrogens is 439 g/mol. The van der Waals surface area contributed by atoms with Crippen LogP contribution in [0, 0.1) is 17.7 Å². The van der Waals surface area contributed by atoms with E-state index in [4.69, 9.17) is 11.6 Å². The molecule has 172 valence electrons. The van der Waals surface area contributed by atoms with Gasteiger partial charge in [0.1, 0.15) is 5.82 Å². The van der Waals surface area contributed by atoms with Crippen molar-refractivity contribution in [1.29, 1.82) is 0 Å². The summed E-state index contributed by atoms with van der Waals surface area (Å²) in [7, 11) is 0. The fourth-order valence-electron chi connectivity index (χ4n) is 4.19. The highest BCUT2D eigenvalue weighted by atomic mass is 35.5. The predicted octanol–water partition coefficient (Wildman–Crippen LogP) is 8.94. The molecule has 0 heterocycles. The Morgan fingerprint density at radius 2 is 1.35 bits per heavy atom. The molecule has 34 heavy (non-hydrogen) atoms. The molecule has 4 aromatic rings. The second-order valence-electron chi connectivity index (χ2n) is 8.86. The summed E-state index contributed by atoms with van der Waals surface area (Å²) in [6.45, 7) is 2.24. The molecule has 4 rings (SSSR count). The minimum absolute atomic E-state index is 0.138. The van der Waals surface area contributed by atoms with E-state index < -0.39 is 0 Å². The Kier molecular flexibility index (Phi) is 8.40. The maximum Gasteiger partial charge on any atom is 0.134 e. The average Bonchev–Trinajstić information content (AvgIpc) is 2.87. The molecular formula is C32H30ClF. The Morgan fingerprint density at radius 1 is 0.676 bits per heavy atom. The first-order valence-corrected chi connectivity index (χ1v) is 12.6. The average molecular weight is 469 g/mol. The Morgan fingerprint density at radius 3 is 2.12 bits per heavy atom. The van der Waals surface area contributed by atoms with E-state index in [-0.39, 0.29) is 5.82 Å². The molecule has 0 saturated heterocycles. The molecule has 0 fully saturated rings. The van der Waals surface area contributed by atoms with Crippen LogP contribution in [0.4, 0.5) is 4.39 Å². The number of fused-ring (bicyclic) bond motifs is 1. The summed E-state index contributed by atoms with van der Waals surface area (Å²) in [5.74, 6) is 6.34. The lowest BCUT2D eigenvalue weighted by atomic mass is 9.99. The molecule has 0 aliphatic heterocycles. The summed E-state index contributed by atoms with van der Waals surface area (Å²) >= 11 is 5.95. The largest absolute Gasteiger partial charge is 0.206 e. The number of halogens is 2. The molecule has 0 unspecified atom stereocenters. The molecule has 2 heteroatoms. The normalized spacial score (nSPS) is 10.8. The van der Waals surface area contributed by atoms with Gasteiger partial charge in [0.2, 0.25) is 0 Å². The van der Waals surface area contributed by atoms with Crippen molar-refractivity contribution in [2.24, 2.45) is 0 Å². The lowest BCUT2D eigenvalue weighted by Crippen LogP contribution is -1.96. The molecule has 0 spiro atoms. The van der Waals surface area contributed by atoms with Crippen molar-refractivity contribution in [1.82, 2.24) is 0 Å². The second-order valence-corrected chi connectivity index (χ2v) is 9.30. The molecule has 0 N–H and O–H groups in total. The summed E-state index contributed by atoms with van der Waals surface area (Å²) in [6, 6.07) is 25.9. The Labute approximate surface area is 207 Å². The Bertz CT molecular complexity index is 1290. The van der Waals surface area contributed by atoms with Crippen molar-refractivity contribution < 1.29 is 4.39 Å². The fraction of sp³-hybridized carbons (Fsp3) is 0.250. The van der Waals surface area contributed by atoms with Crippen LogP contribution in [0.25, 0.3) is 10.8 Å². The molecule has 4 aromatic carbocycles. The molecule has 0 saturated carbocycles. The molecule has 0 radical (unpaired) electrons. The smallest absolute Gasteiger partial charge is 0.134 e.